The molecule has 0 N–H and O–H groups in total. The first-order valence-corrected chi connectivity index (χ1v) is 11.1. The second-order valence-electron chi connectivity index (χ2n) is 7.06. The number of benzene rings is 2. The van der Waals surface area contributed by atoms with Gasteiger partial charge in [0.1, 0.15) is 0 Å². The number of aryl methyl sites for hydroxylation is 1. The van der Waals surface area contributed by atoms with Crippen LogP contribution in [0.2, 0.25) is 0 Å². The van der Waals surface area contributed by atoms with Gasteiger partial charge in [0.2, 0.25) is 16.8 Å². The molecular formula is C21H21NO8S. The van der Waals surface area contributed by atoms with Gasteiger partial charge in [0.15, 0.2) is 23.9 Å². The van der Waals surface area contributed by atoms with Crippen molar-refractivity contribution in [2.24, 2.45) is 0 Å². The Labute approximate surface area is 179 Å². The van der Waals surface area contributed by atoms with Crippen LogP contribution in [0.5, 0.6) is 11.5 Å². The van der Waals surface area contributed by atoms with Crippen molar-refractivity contribution in [1.29, 1.82) is 0 Å². The lowest BCUT2D eigenvalue weighted by Gasteiger charge is -2.26. The lowest BCUT2D eigenvalue weighted by Crippen LogP contribution is -2.40. The van der Waals surface area contributed by atoms with Crippen molar-refractivity contribution in [2.75, 3.05) is 39.7 Å². The molecule has 0 unspecified atom stereocenters. The van der Waals surface area contributed by atoms with Gasteiger partial charge in [-0.2, -0.15) is 4.31 Å². The molecule has 0 spiro atoms. The van der Waals surface area contributed by atoms with E-state index < -0.39 is 28.4 Å². The molecule has 0 aliphatic carbocycles. The summed E-state index contributed by atoms with van der Waals surface area (Å²) in [7, 11) is -3.76. The number of Topliss-reactive ketones (excluding diaryl/α,β-unsaturated/α-hetero) is 1. The van der Waals surface area contributed by atoms with E-state index in [2.05, 4.69) is 0 Å². The number of sulfonamides is 1. The quantitative estimate of drug-likeness (QED) is 0.487. The van der Waals surface area contributed by atoms with Gasteiger partial charge in [-0.05, 0) is 42.8 Å². The summed E-state index contributed by atoms with van der Waals surface area (Å²) < 4.78 is 47.9. The number of nitrogens with zero attached hydrogens (tertiary/aromatic N) is 1. The number of esters is 1. The molecular weight excluding hydrogens is 426 g/mol. The van der Waals surface area contributed by atoms with E-state index in [0.717, 1.165) is 0 Å². The zero-order valence-electron chi connectivity index (χ0n) is 16.8. The molecule has 2 aliphatic rings. The van der Waals surface area contributed by atoms with E-state index in [1.54, 1.807) is 25.1 Å². The van der Waals surface area contributed by atoms with E-state index in [4.69, 9.17) is 18.9 Å². The van der Waals surface area contributed by atoms with Gasteiger partial charge < -0.3 is 18.9 Å². The van der Waals surface area contributed by atoms with Crippen LogP contribution in [0.25, 0.3) is 0 Å². The topological polar surface area (TPSA) is 108 Å². The van der Waals surface area contributed by atoms with E-state index >= 15 is 0 Å². The first kappa shape index (κ1) is 21.3. The monoisotopic (exact) mass is 447 g/mol. The fourth-order valence-electron chi connectivity index (χ4n) is 3.28. The minimum Gasteiger partial charge on any atom is -0.454 e. The first-order chi connectivity index (χ1) is 14.9. The third-order valence-corrected chi connectivity index (χ3v) is 6.96. The molecule has 9 nitrogen and oxygen atoms in total. The molecule has 0 aromatic heterocycles. The molecule has 1 fully saturated rings. The van der Waals surface area contributed by atoms with Crippen LogP contribution in [0.1, 0.15) is 26.3 Å². The SMILES string of the molecule is Cc1ccc(S(=O)(=O)N2CCOCC2)cc1C(=O)OCC(=O)c1ccc2c(c1)OCO2. The van der Waals surface area contributed by atoms with Crippen LogP contribution >= 0.6 is 0 Å². The summed E-state index contributed by atoms with van der Waals surface area (Å²) in [5.41, 5.74) is 0.951. The van der Waals surface area contributed by atoms with Gasteiger partial charge >= 0.3 is 5.97 Å². The highest BCUT2D eigenvalue weighted by Crippen LogP contribution is 2.32. The van der Waals surface area contributed by atoms with Crippen molar-refractivity contribution in [3.8, 4) is 11.5 Å². The van der Waals surface area contributed by atoms with E-state index in [1.165, 1.54) is 22.5 Å². The predicted octanol–water partition coefficient (Wildman–Crippen LogP) is 1.78. The number of rotatable bonds is 6. The summed E-state index contributed by atoms with van der Waals surface area (Å²) in [6.45, 7) is 2.41. The summed E-state index contributed by atoms with van der Waals surface area (Å²) >= 11 is 0. The third-order valence-electron chi connectivity index (χ3n) is 5.07. The minimum atomic E-state index is -3.76. The number of hydrogen-bond donors (Lipinski definition) is 0. The fraction of sp³-hybridized carbons (Fsp3) is 0.333. The highest BCUT2D eigenvalue weighted by Gasteiger charge is 2.28. The standard InChI is InChI=1S/C21H21NO8S/c1-14-2-4-16(31(25,26)22-6-8-27-9-7-22)11-17(14)21(24)28-12-18(23)15-3-5-19-20(10-15)30-13-29-19/h2-5,10-11H,6-9,12-13H2,1H3. The lowest BCUT2D eigenvalue weighted by atomic mass is 10.1. The zero-order valence-corrected chi connectivity index (χ0v) is 17.6. The van der Waals surface area contributed by atoms with Gasteiger partial charge in [0.05, 0.1) is 23.7 Å². The van der Waals surface area contributed by atoms with Crippen LogP contribution < -0.4 is 9.47 Å². The average molecular weight is 447 g/mol. The van der Waals surface area contributed by atoms with Crippen molar-refractivity contribution < 1.29 is 37.0 Å². The van der Waals surface area contributed by atoms with Crippen molar-refractivity contribution in [1.82, 2.24) is 4.31 Å². The van der Waals surface area contributed by atoms with Crippen LogP contribution in [-0.2, 0) is 19.5 Å². The molecule has 164 valence electrons. The molecule has 2 aromatic carbocycles. The molecule has 0 amide bonds. The van der Waals surface area contributed by atoms with E-state index in [-0.39, 0.29) is 30.3 Å². The first-order valence-electron chi connectivity index (χ1n) is 9.65. The number of hydrogen-bond acceptors (Lipinski definition) is 8. The maximum absolute atomic E-state index is 12.9. The van der Waals surface area contributed by atoms with Crippen LogP contribution in [0.15, 0.2) is 41.3 Å². The molecule has 0 atom stereocenters. The Balaban J connectivity index is 1.47. The highest BCUT2D eigenvalue weighted by atomic mass is 32.2. The van der Waals surface area contributed by atoms with Gasteiger partial charge in [0, 0.05) is 18.7 Å². The summed E-state index contributed by atoms with van der Waals surface area (Å²) in [6.07, 6.45) is 0. The molecule has 2 aromatic rings. The van der Waals surface area contributed by atoms with Crippen molar-refractivity contribution in [3.05, 3.63) is 53.1 Å². The number of morpholine rings is 1. The van der Waals surface area contributed by atoms with Gasteiger partial charge in [-0.3, -0.25) is 4.79 Å². The van der Waals surface area contributed by atoms with E-state index in [9.17, 15) is 18.0 Å². The molecule has 1 saturated heterocycles. The maximum Gasteiger partial charge on any atom is 0.338 e. The number of ether oxygens (including phenoxy) is 4. The van der Waals surface area contributed by atoms with Gasteiger partial charge in [-0.25, -0.2) is 13.2 Å². The Kier molecular flexibility index (Phi) is 5.94. The molecule has 10 heteroatoms. The van der Waals surface area contributed by atoms with Crippen LogP contribution in [0.3, 0.4) is 0 Å². The summed E-state index contributed by atoms with van der Waals surface area (Å²) in [5, 5.41) is 0. The smallest absolute Gasteiger partial charge is 0.338 e. The summed E-state index contributed by atoms with van der Waals surface area (Å²) in [6, 6.07) is 8.98. The average Bonchev–Trinajstić information content (AvgIpc) is 3.26. The highest BCUT2D eigenvalue weighted by molar-refractivity contribution is 7.89. The number of carbonyl (C=O) groups is 2. The number of fused-ring (bicyclic) bond motifs is 1. The third kappa shape index (κ3) is 4.41. The molecule has 0 radical (unpaired) electrons. The zero-order chi connectivity index (χ0) is 22.0. The second kappa shape index (κ2) is 8.66. The maximum atomic E-state index is 12.9. The second-order valence-corrected chi connectivity index (χ2v) is 9.00. The van der Waals surface area contributed by atoms with Gasteiger partial charge in [-0.1, -0.05) is 6.07 Å². The van der Waals surface area contributed by atoms with Crippen molar-refractivity contribution in [3.63, 3.8) is 0 Å². The Morgan fingerprint density at radius 2 is 1.77 bits per heavy atom. The largest absolute Gasteiger partial charge is 0.454 e. The summed E-state index contributed by atoms with van der Waals surface area (Å²) in [4.78, 5) is 25.0. The Morgan fingerprint density at radius 3 is 2.55 bits per heavy atom. The number of carbonyl (C=O) groups excluding carboxylic acids is 2. The van der Waals surface area contributed by atoms with Crippen LogP contribution in [-0.4, -0.2) is 64.2 Å². The Bertz CT molecular complexity index is 1120. The van der Waals surface area contributed by atoms with Gasteiger partial charge in [0.25, 0.3) is 0 Å². The lowest BCUT2D eigenvalue weighted by molar-refractivity contribution is 0.0473. The van der Waals surface area contributed by atoms with Gasteiger partial charge in [-0.15, -0.1) is 0 Å². The van der Waals surface area contributed by atoms with Crippen LogP contribution in [0.4, 0.5) is 0 Å². The Hall–Kier alpha value is -2.95. The molecule has 0 bridgehead atoms. The molecule has 2 aliphatic heterocycles. The van der Waals surface area contributed by atoms with Crippen molar-refractivity contribution >= 4 is 21.8 Å². The predicted molar refractivity (Wildman–Crippen MR) is 108 cm³/mol. The normalized spacial score (nSPS) is 16.2. The molecule has 0 saturated carbocycles. The van der Waals surface area contributed by atoms with Crippen LogP contribution in [0, 0.1) is 6.92 Å². The Morgan fingerprint density at radius 1 is 1.03 bits per heavy atom. The van der Waals surface area contributed by atoms with E-state index in [0.29, 0.717) is 35.8 Å². The summed E-state index contributed by atoms with van der Waals surface area (Å²) in [5.74, 6) is -0.191. The molecule has 31 heavy (non-hydrogen) atoms. The van der Waals surface area contributed by atoms with Crippen molar-refractivity contribution in [2.45, 2.75) is 11.8 Å². The molecule has 2 heterocycles. The molecule has 4 rings (SSSR count). The minimum absolute atomic E-state index is 0.00551. The number of ketones is 1. The fourth-order valence-corrected chi connectivity index (χ4v) is 4.71. The van der Waals surface area contributed by atoms with E-state index in [1.807, 2.05) is 0 Å².